The Morgan fingerprint density at radius 3 is 2.44 bits per heavy atom. The Hall–Kier alpha value is -3.20. The number of hydrogen-bond donors (Lipinski definition) is 0. The lowest BCUT2D eigenvalue weighted by molar-refractivity contribution is -0.385. The molecule has 34 heavy (non-hydrogen) atoms. The maximum atomic E-state index is 13.5. The zero-order valence-corrected chi connectivity index (χ0v) is 19.8. The number of para-hydroxylation sites is 1. The van der Waals surface area contributed by atoms with Gasteiger partial charge in [0.1, 0.15) is 5.69 Å². The van der Waals surface area contributed by atoms with Crippen molar-refractivity contribution in [3.05, 3.63) is 67.1 Å². The van der Waals surface area contributed by atoms with Crippen molar-refractivity contribution in [3.63, 3.8) is 0 Å². The van der Waals surface area contributed by atoms with Crippen molar-refractivity contribution in [3.8, 4) is 0 Å². The molecule has 0 atom stereocenters. The van der Waals surface area contributed by atoms with E-state index in [2.05, 4.69) is 0 Å². The van der Waals surface area contributed by atoms with Gasteiger partial charge in [0.2, 0.25) is 0 Å². The highest BCUT2D eigenvalue weighted by atomic mass is 32.1. The van der Waals surface area contributed by atoms with Gasteiger partial charge >= 0.3 is 11.2 Å². The second-order valence-corrected chi connectivity index (χ2v) is 10.1. The molecule has 2 aliphatic rings. The minimum Gasteiger partial charge on any atom is -0.362 e. The molecule has 1 saturated carbocycles. The maximum Gasteiger partial charge on any atom is 0.357 e. The molecule has 1 aromatic carbocycles. The van der Waals surface area contributed by atoms with Crippen LogP contribution >= 0.6 is 11.3 Å². The summed E-state index contributed by atoms with van der Waals surface area (Å²) >= 11 is 1.41. The molecule has 0 N–H and O–H groups in total. The van der Waals surface area contributed by atoms with E-state index in [1.165, 1.54) is 17.8 Å². The molecule has 2 fully saturated rings. The van der Waals surface area contributed by atoms with Crippen molar-refractivity contribution in [1.29, 1.82) is 0 Å². The number of fused-ring (bicyclic) bond motifs is 1. The number of rotatable bonds is 5. The summed E-state index contributed by atoms with van der Waals surface area (Å²) in [7, 11) is 0. The van der Waals surface area contributed by atoms with Crippen LogP contribution in [-0.4, -0.2) is 46.5 Å². The molecule has 8 nitrogen and oxygen atoms in total. The standard InChI is InChI=1S/C25H28N4O4S/c30-24(21-11-6-16-34-21)27-14-12-26(13-15-27)22-19-9-4-5-10-20(19)28(25(31)23(22)29(32)33)17-18-7-2-1-3-8-18/h4-6,9-11,16,18H,1-3,7-8,12-15,17H2. The molecule has 0 unspecified atom stereocenters. The number of carbonyl (C=O) groups excluding carboxylic acids is 1. The van der Waals surface area contributed by atoms with Crippen molar-refractivity contribution >= 4 is 39.5 Å². The molecule has 1 aliphatic heterocycles. The zero-order chi connectivity index (χ0) is 23.7. The minimum atomic E-state index is -0.527. The van der Waals surface area contributed by atoms with E-state index in [0.29, 0.717) is 49.2 Å². The molecule has 178 valence electrons. The lowest BCUT2D eigenvalue weighted by Crippen LogP contribution is -2.49. The number of benzene rings is 1. The molecule has 0 radical (unpaired) electrons. The second-order valence-electron chi connectivity index (χ2n) is 9.15. The Bertz CT molecular complexity index is 1260. The number of carbonyl (C=O) groups is 1. The number of nitrogens with zero attached hydrogens (tertiary/aromatic N) is 4. The number of amides is 1. The van der Waals surface area contributed by atoms with Crippen LogP contribution in [0.5, 0.6) is 0 Å². The monoisotopic (exact) mass is 480 g/mol. The van der Waals surface area contributed by atoms with Crippen LogP contribution in [0.3, 0.4) is 0 Å². The largest absolute Gasteiger partial charge is 0.362 e. The quantitative estimate of drug-likeness (QED) is 0.396. The minimum absolute atomic E-state index is 0.0168. The van der Waals surface area contributed by atoms with Gasteiger partial charge in [0.15, 0.2) is 0 Å². The molecule has 0 bridgehead atoms. The van der Waals surface area contributed by atoms with Gasteiger partial charge in [-0.25, -0.2) is 0 Å². The van der Waals surface area contributed by atoms with Crippen LogP contribution in [-0.2, 0) is 6.54 Å². The van der Waals surface area contributed by atoms with Crippen LogP contribution in [0.15, 0.2) is 46.6 Å². The van der Waals surface area contributed by atoms with Gasteiger partial charge in [-0.15, -0.1) is 11.3 Å². The number of piperazine rings is 1. The molecule has 9 heteroatoms. The number of thiophene rings is 1. The number of nitro groups is 1. The topological polar surface area (TPSA) is 88.7 Å². The number of pyridine rings is 1. The predicted molar refractivity (Wildman–Crippen MR) is 134 cm³/mol. The summed E-state index contributed by atoms with van der Waals surface area (Å²) in [5, 5.41) is 14.8. The van der Waals surface area contributed by atoms with E-state index in [-0.39, 0.29) is 11.6 Å². The van der Waals surface area contributed by atoms with Crippen molar-refractivity contribution in [2.45, 2.75) is 38.6 Å². The Morgan fingerprint density at radius 1 is 1.03 bits per heavy atom. The van der Waals surface area contributed by atoms with Crippen molar-refractivity contribution in [2.75, 3.05) is 31.1 Å². The van der Waals surface area contributed by atoms with Gasteiger partial charge in [0.05, 0.1) is 15.3 Å². The zero-order valence-electron chi connectivity index (χ0n) is 19.0. The van der Waals surface area contributed by atoms with Gasteiger partial charge in [-0.1, -0.05) is 43.5 Å². The molecule has 1 amide bonds. The van der Waals surface area contributed by atoms with Crippen LogP contribution in [0.4, 0.5) is 11.4 Å². The highest BCUT2D eigenvalue weighted by molar-refractivity contribution is 7.12. The highest BCUT2D eigenvalue weighted by Crippen LogP contribution is 2.35. The van der Waals surface area contributed by atoms with Gasteiger partial charge in [0.25, 0.3) is 5.91 Å². The van der Waals surface area contributed by atoms with E-state index >= 15 is 0 Å². The Kier molecular flexibility index (Phi) is 6.36. The van der Waals surface area contributed by atoms with Crippen molar-refractivity contribution in [1.82, 2.24) is 9.47 Å². The van der Waals surface area contributed by atoms with Crippen LogP contribution < -0.4 is 10.5 Å². The van der Waals surface area contributed by atoms with Crippen LogP contribution in [0, 0.1) is 16.0 Å². The van der Waals surface area contributed by atoms with Gasteiger partial charge in [-0.2, -0.15) is 0 Å². The average molecular weight is 481 g/mol. The van der Waals surface area contributed by atoms with Gasteiger partial charge < -0.3 is 14.4 Å². The van der Waals surface area contributed by atoms with Crippen molar-refractivity contribution < 1.29 is 9.72 Å². The Labute approximate surface area is 201 Å². The summed E-state index contributed by atoms with van der Waals surface area (Å²) in [5.74, 6) is 0.351. The molecule has 3 aromatic rings. The number of aromatic nitrogens is 1. The average Bonchev–Trinajstić information content (AvgIpc) is 3.40. The van der Waals surface area contributed by atoms with E-state index < -0.39 is 10.5 Å². The molecular formula is C25H28N4O4S. The number of hydrogen-bond acceptors (Lipinski definition) is 6. The van der Waals surface area contributed by atoms with Crippen LogP contribution in [0.1, 0.15) is 41.8 Å². The molecular weight excluding hydrogens is 452 g/mol. The fourth-order valence-corrected chi connectivity index (χ4v) is 6.05. The lowest BCUT2D eigenvalue weighted by atomic mass is 9.89. The SMILES string of the molecule is O=C(c1cccs1)N1CCN(c2c([N+](=O)[O-])c(=O)n(CC3CCCCC3)c3ccccc23)CC1. The Morgan fingerprint density at radius 2 is 1.76 bits per heavy atom. The lowest BCUT2D eigenvalue weighted by Gasteiger charge is -2.36. The van der Waals surface area contributed by atoms with E-state index in [4.69, 9.17) is 0 Å². The van der Waals surface area contributed by atoms with E-state index in [1.807, 2.05) is 46.7 Å². The fraction of sp³-hybridized carbons (Fsp3) is 0.440. The predicted octanol–water partition coefficient (Wildman–Crippen LogP) is 4.51. The second kappa shape index (κ2) is 9.58. The molecule has 1 saturated heterocycles. The first kappa shape index (κ1) is 22.6. The summed E-state index contributed by atoms with van der Waals surface area (Å²) in [6.45, 7) is 2.30. The van der Waals surface area contributed by atoms with Crippen LogP contribution in [0.2, 0.25) is 0 Å². The third-order valence-corrected chi connectivity index (χ3v) is 7.94. The van der Waals surface area contributed by atoms with Crippen molar-refractivity contribution in [2.24, 2.45) is 5.92 Å². The highest BCUT2D eigenvalue weighted by Gasteiger charge is 2.33. The van der Waals surface area contributed by atoms with E-state index in [9.17, 15) is 19.7 Å². The normalized spacial score (nSPS) is 17.3. The maximum absolute atomic E-state index is 13.5. The van der Waals surface area contributed by atoms with E-state index in [1.54, 1.807) is 9.47 Å². The first-order valence-electron chi connectivity index (χ1n) is 11.9. The third-order valence-electron chi connectivity index (χ3n) is 7.09. The summed E-state index contributed by atoms with van der Waals surface area (Å²) in [4.78, 5) is 42.3. The number of anilines is 1. The van der Waals surface area contributed by atoms with Gasteiger partial charge in [-0.3, -0.25) is 19.7 Å². The molecule has 1 aliphatic carbocycles. The Balaban J connectivity index is 1.51. The summed E-state index contributed by atoms with van der Waals surface area (Å²) < 4.78 is 1.63. The fourth-order valence-electron chi connectivity index (χ4n) is 5.36. The molecule has 2 aromatic heterocycles. The van der Waals surface area contributed by atoms with Crippen LogP contribution in [0.25, 0.3) is 10.9 Å². The van der Waals surface area contributed by atoms with Gasteiger partial charge in [-0.05, 0) is 36.3 Å². The molecule has 0 spiro atoms. The first-order chi connectivity index (χ1) is 16.5. The third kappa shape index (κ3) is 4.20. The molecule has 3 heterocycles. The summed E-state index contributed by atoms with van der Waals surface area (Å²) in [5.41, 5.74) is 0.249. The summed E-state index contributed by atoms with van der Waals surface area (Å²) in [6, 6.07) is 11.2. The molecule has 5 rings (SSSR count). The smallest absolute Gasteiger partial charge is 0.357 e. The first-order valence-corrected chi connectivity index (χ1v) is 12.8. The van der Waals surface area contributed by atoms with E-state index in [0.717, 1.165) is 36.6 Å². The van der Waals surface area contributed by atoms with Gasteiger partial charge in [0, 0.05) is 38.1 Å². The summed E-state index contributed by atoms with van der Waals surface area (Å²) in [6.07, 6.45) is 5.61.